The summed E-state index contributed by atoms with van der Waals surface area (Å²) in [5.41, 5.74) is 0. The van der Waals surface area contributed by atoms with Gasteiger partial charge < -0.3 is 5.32 Å². The van der Waals surface area contributed by atoms with Gasteiger partial charge in [-0.15, -0.1) is 0 Å². The predicted molar refractivity (Wildman–Crippen MR) is 55.8 cm³/mol. The van der Waals surface area contributed by atoms with Gasteiger partial charge in [-0.05, 0) is 39.3 Å². The molecule has 0 aromatic rings. The number of hydrogen-bond acceptors (Lipinski definition) is 2. The SMILES string of the molecule is CC1CNCC2CCCCC2N1C. The van der Waals surface area contributed by atoms with Gasteiger partial charge in [-0.1, -0.05) is 12.8 Å². The van der Waals surface area contributed by atoms with E-state index in [1.54, 1.807) is 0 Å². The Hall–Kier alpha value is -0.0800. The average molecular weight is 182 g/mol. The van der Waals surface area contributed by atoms with E-state index in [1.165, 1.54) is 38.8 Å². The molecule has 2 aliphatic rings. The van der Waals surface area contributed by atoms with Gasteiger partial charge in [-0.25, -0.2) is 0 Å². The Morgan fingerprint density at radius 1 is 1.15 bits per heavy atom. The van der Waals surface area contributed by atoms with Crippen molar-refractivity contribution in [2.24, 2.45) is 5.92 Å². The molecule has 0 radical (unpaired) electrons. The number of fused-ring (bicyclic) bond motifs is 1. The highest BCUT2D eigenvalue weighted by Gasteiger charge is 2.32. The van der Waals surface area contributed by atoms with Crippen LogP contribution in [-0.4, -0.2) is 37.1 Å². The zero-order chi connectivity index (χ0) is 9.26. The molecular weight excluding hydrogens is 160 g/mol. The second-order valence-corrected chi connectivity index (χ2v) is 4.78. The molecule has 3 unspecified atom stereocenters. The Balaban J connectivity index is 2.06. The first-order valence-electron chi connectivity index (χ1n) is 5.71. The first-order valence-corrected chi connectivity index (χ1v) is 5.71. The van der Waals surface area contributed by atoms with Crippen molar-refractivity contribution in [1.82, 2.24) is 10.2 Å². The molecule has 1 N–H and O–H groups in total. The summed E-state index contributed by atoms with van der Waals surface area (Å²) in [5, 5.41) is 3.58. The van der Waals surface area contributed by atoms with Crippen molar-refractivity contribution >= 4 is 0 Å². The van der Waals surface area contributed by atoms with Gasteiger partial charge in [0, 0.05) is 18.6 Å². The lowest BCUT2D eigenvalue weighted by Gasteiger charge is -2.37. The van der Waals surface area contributed by atoms with Crippen molar-refractivity contribution in [2.75, 3.05) is 20.1 Å². The second-order valence-electron chi connectivity index (χ2n) is 4.78. The zero-order valence-electron chi connectivity index (χ0n) is 8.92. The molecule has 13 heavy (non-hydrogen) atoms. The van der Waals surface area contributed by atoms with E-state index >= 15 is 0 Å². The van der Waals surface area contributed by atoms with E-state index in [4.69, 9.17) is 0 Å². The van der Waals surface area contributed by atoms with E-state index in [0.29, 0.717) is 6.04 Å². The Kier molecular flexibility index (Phi) is 2.89. The number of nitrogens with one attached hydrogen (secondary N) is 1. The Bertz CT molecular complexity index is 167. The molecule has 0 aromatic heterocycles. The maximum absolute atomic E-state index is 3.58. The van der Waals surface area contributed by atoms with E-state index in [0.717, 1.165) is 12.0 Å². The van der Waals surface area contributed by atoms with Crippen molar-refractivity contribution in [3.8, 4) is 0 Å². The predicted octanol–water partition coefficient (Wildman–Crippen LogP) is 1.47. The molecule has 2 nitrogen and oxygen atoms in total. The topological polar surface area (TPSA) is 15.3 Å². The summed E-state index contributed by atoms with van der Waals surface area (Å²) >= 11 is 0. The van der Waals surface area contributed by atoms with Gasteiger partial charge in [0.2, 0.25) is 0 Å². The zero-order valence-corrected chi connectivity index (χ0v) is 8.92. The third-order valence-corrected chi connectivity index (χ3v) is 3.93. The highest BCUT2D eigenvalue weighted by molar-refractivity contribution is 4.88. The molecular formula is C11H22N2. The van der Waals surface area contributed by atoms with Crippen molar-refractivity contribution < 1.29 is 0 Å². The Morgan fingerprint density at radius 3 is 2.77 bits per heavy atom. The van der Waals surface area contributed by atoms with E-state index in [1.807, 2.05) is 0 Å². The van der Waals surface area contributed by atoms with E-state index in [2.05, 4.69) is 24.2 Å². The minimum Gasteiger partial charge on any atom is -0.315 e. The molecule has 1 aliphatic carbocycles. The number of nitrogens with zero attached hydrogens (tertiary/aromatic N) is 1. The Labute approximate surface area is 81.7 Å². The minimum absolute atomic E-state index is 0.716. The molecule has 1 saturated heterocycles. The highest BCUT2D eigenvalue weighted by Crippen LogP contribution is 2.29. The number of likely N-dealkylation sites (N-methyl/N-ethyl adjacent to an activating group) is 1. The van der Waals surface area contributed by atoms with Gasteiger partial charge in [-0.3, -0.25) is 4.90 Å². The maximum atomic E-state index is 3.58. The van der Waals surface area contributed by atoms with E-state index < -0.39 is 0 Å². The van der Waals surface area contributed by atoms with Crippen LogP contribution < -0.4 is 5.32 Å². The molecule has 0 spiro atoms. The largest absolute Gasteiger partial charge is 0.315 e. The standard InChI is InChI=1S/C11H22N2/c1-9-7-12-8-10-5-3-4-6-11(10)13(9)2/h9-12H,3-8H2,1-2H3. The lowest BCUT2D eigenvalue weighted by atomic mass is 9.84. The van der Waals surface area contributed by atoms with Gasteiger partial charge in [0.1, 0.15) is 0 Å². The molecule has 1 saturated carbocycles. The van der Waals surface area contributed by atoms with Crippen LogP contribution in [0.25, 0.3) is 0 Å². The van der Waals surface area contributed by atoms with Gasteiger partial charge >= 0.3 is 0 Å². The van der Waals surface area contributed by atoms with E-state index in [9.17, 15) is 0 Å². The van der Waals surface area contributed by atoms with Crippen LogP contribution in [0.15, 0.2) is 0 Å². The van der Waals surface area contributed by atoms with Crippen molar-refractivity contribution in [2.45, 2.75) is 44.7 Å². The third kappa shape index (κ3) is 1.89. The van der Waals surface area contributed by atoms with Crippen LogP contribution in [0.1, 0.15) is 32.6 Å². The number of hydrogen-bond donors (Lipinski definition) is 1. The molecule has 76 valence electrons. The fourth-order valence-electron chi connectivity index (χ4n) is 2.91. The van der Waals surface area contributed by atoms with Gasteiger partial charge in [0.25, 0.3) is 0 Å². The monoisotopic (exact) mass is 182 g/mol. The fraction of sp³-hybridized carbons (Fsp3) is 1.00. The van der Waals surface area contributed by atoms with Crippen molar-refractivity contribution in [1.29, 1.82) is 0 Å². The number of rotatable bonds is 0. The van der Waals surface area contributed by atoms with Gasteiger partial charge in [0.15, 0.2) is 0 Å². The summed E-state index contributed by atoms with van der Waals surface area (Å²) in [6, 6.07) is 1.58. The molecule has 3 atom stereocenters. The van der Waals surface area contributed by atoms with Crippen LogP contribution in [0, 0.1) is 5.92 Å². The Morgan fingerprint density at radius 2 is 1.92 bits per heavy atom. The lowest BCUT2D eigenvalue weighted by molar-refractivity contribution is 0.119. The first kappa shape index (κ1) is 9.47. The summed E-state index contributed by atoms with van der Waals surface area (Å²) in [4.78, 5) is 2.60. The molecule has 0 bridgehead atoms. The summed E-state index contributed by atoms with van der Waals surface area (Å²) in [5.74, 6) is 0.920. The van der Waals surface area contributed by atoms with Crippen molar-refractivity contribution in [3.63, 3.8) is 0 Å². The first-order chi connectivity index (χ1) is 6.29. The molecule has 1 aliphatic heterocycles. The second kappa shape index (κ2) is 3.97. The fourth-order valence-corrected chi connectivity index (χ4v) is 2.91. The van der Waals surface area contributed by atoms with Crippen LogP contribution in [0.2, 0.25) is 0 Å². The quantitative estimate of drug-likeness (QED) is 0.610. The van der Waals surface area contributed by atoms with Crippen LogP contribution in [0.3, 0.4) is 0 Å². The molecule has 2 rings (SSSR count). The molecule has 1 heterocycles. The van der Waals surface area contributed by atoms with Gasteiger partial charge in [-0.2, -0.15) is 0 Å². The molecule has 0 amide bonds. The van der Waals surface area contributed by atoms with Crippen LogP contribution >= 0.6 is 0 Å². The normalized spacial score (nSPS) is 42.5. The van der Waals surface area contributed by atoms with E-state index in [-0.39, 0.29) is 0 Å². The molecule has 2 heteroatoms. The molecule has 2 fully saturated rings. The summed E-state index contributed by atoms with van der Waals surface area (Å²) < 4.78 is 0. The van der Waals surface area contributed by atoms with Crippen molar-refractivity contribution in [3.05, 3.63) is 0 Å². The van der Waals surface area contributed by atoms with Crippen LogP contribution in [0.4, 0.5) is 0 Å². The lowest BCUT2D eigenvalue weighted by Crippen LogP contribution is -2.44. The smallest absolute Gasteiger partial charge is 0.0192 e. The summed E-state index contributed by atoms with van der Waals surface area (Å²) in [6.45, 7) is 4.76. The average Bonchev–Trinajstić information content (AvgIpc) is 2.29. The maximum Gasteiger partial charge on any atom is 0.0192 e. The highest BCUT2D eigenvalue weighted by atomic mass is 15.2. The summed E-state index contributed by atoms with van der Waals surface area (Å²) in [7, 11) is 2.31. The minimum atomic E-state index is 0.716. The van der Waals surface area contributed by atoms with Crippen LogP contribution in [-0.2, 0) is 0 Å². The summed E-state index contributed by atoms with van der Waals surface area (Å²) in [6.07, 6.45) is 5.76. The van der Waals surface area contributed by atoms with Gasteiger partial charge in [0.05, 0.1) is 0 Å². The third-order valence-electron chi connectivity index (χ3n) is 3.93. The molecule has 0 aromatic carbocycles. The van der Waals surface area contributed by atoms with Crippen LogP contribution in [0.5, 0.6) is 0 Å².